The zero-order chi connectivity index (χ0) is 13.5. The zero-order valence-corrected chi connectivity index (χ0v) is 11.2. The summed E-state index contributed by atoms with van der Waals surface area (Å²) in [6.45, 7) is 7.05. The Morgan fingerprint density at radius 1 is 0.684 bits per heavy atom. The van der Waals surface area contributed by atoms with Crippen molar-refractivity contribution in [2.75, 3.05) is 0 Å². The average molecular weight is 270 g/mol. The summed E-state index contributed by atoms with van der Waals surface area (Å²) in [5, 5.41) is 0. The molecule has 0 amide bonds. The maximum atomic E-state index is 5.18. The van der Waals surface area contributed by atoms with Crippen molar-refractivity contribution in [1.29, 1.82) is 0 Å². The molecular weight excluding hydrogens is 256 g/mol. The highest BCUT2D eigenvalue weighted by Gasteiger charge is 1.99. The third-order valence-corrected chi connectivity index (χ3v) is 3.34. The van der Waals surface area contributed by atoms with Crippen LogP contribution in [0.4, 0.5) is 0 Å². The normalized spacial score (nSPS) is 9.68. The molecule has 19 heavy (non-hydrogen) atoms. The van der Waals surface area contributed by atoms with E-state index in [2.05, 4.69) is 13.2 Å². The Bertz CT molecular complexity index is 492. The summed E-state index contributed by atoms with van der Waals surface area (Å²) in [7, 11) is 0. The molecule has 0 heterocycles. The minimum absolute atomic E-state index is 0.786. The summed E-state index contributed by atoms with van der Waals surface area (Å²) in [6, 6.07) is 15.7. The first-order valence-corrected chi connectivity index (χ1v) is 6.56. The molecule has 0 spiro atoms. The number of rotatable bonds is 6. The van der Waals surface area contributed by atoms with Gasteiger partial charge >= 0.3 is 0 Å². The van der Waals surface area contributed by atoms with Gasteiger partial charge in [-0.05, 0) is 48.5 Å². The van der Waals surface area contributed by atoms with E-state index in [4.69, 9.17) is 9.47 Å². The van der Waals surface area contributed by atoms with Crippen molar-refractivity contribution in [1.82, 2.24) is 0 Å². The van der Waals surface area contributed by atoms with Gasteiger partial charge in [0.1, 0.15) is 11.5 Å². The summed E-state index contributed by atoms with van der Waals surface area (Å²) in [5.74, 6) is 1.57. The molecule has 0 radical (unpaired) electrons. The lowest BCUT2D eigenvalue weighted by Gasteiger charge is -2.04. The predicted molar refractivity (Wildman–Crippen MR) is 78.7 cm³/mol. The Balaban J connectivity index is 2.03. The second-order valence-corrected chi connectivity index (χ2v) is 4.76. The third-order valence-electron chi connectivity index (χ3n) is 2.32. The highest BCUT2D eigenvalue weighted by Crippen LogP contribution is 2.30. The van der Waals surface area contributed by atoms with E-state index in [0.717, 1.165) is 21.3 Å². The zero-order valence-electron chi connectivity index (χ0n) is 10.4. The van der Waals surface area contributed by atoms with Gasteiger partial charge in [0.05, 0.1) is 12.5 Å². The van der Waals surface area contributed by atoms with Crippen LogP contribution in [0.5, 0.6) is 11.5 Å². The molecular formula is C16H14O2S. The fraction of sp³-hybridized carbons (Fsp3) is 0. The minimum Gasteiger partial charge on any atom is -0.466 e. The highest BCUT2D eigenvalue weighted by molar-refractivity contribution is 7.99. The quantitative estimate of drug-likeness (QED) is 0.697. The topological polar surface area (TPSA) is 18.5 Å². The molecule has 2 aromatic carbocycles. The molecule has 0 aliphatic heterocycles. The Morgan fingerprint density at radius 2 is 1.05 bits per heavy atom. The van der Waals surface area contributed by atoms with E-state index < -0.39 is 0 Å². The van der Waals surface area contributed by atoms with E-state index in [1.165, 1.54) is 12.5 Å². The predicted octanol–water partition coefficient (Wildman–Crippen LogP) is 4.88. The maximum absolute atomic E-state index is 5.18. The lowest BCUT2D eigenvalue weighted by atomic mass is 10.3. The summed E-state index contributed by atoms with van der Waals surface area (Å²) < 4.78 is 10.4. The van der Waals surface area contributed by atoms with E-state index in [9.17, 15) is 0 Å². The number of benzene rings is 2. The van der Waals surface area contributed by atoms with Gasteiger partial charge in [0.2, 0.25) is 0 Å². The molecule has 2 rings (SSSR count). The molecule has 0 fully saturated rings. The van der Waals surface area contributed by atoms with Crippen LogP contribution < -0.4 is 9.47 Å². The Kier molecular flexibility index (Phi) is 4.70. The Morgan fingerprint density at radius 3 is 1.37 bits per heavy atom. The van der Waals surface area contributed by atoms with Crippen LogP contribution in [0.15, 0.2) is 84.0 Å². The summed E-state index contributed by atoms with van der Waals surface area (Å²) >= 11 is 1.68. The minimum atomic E-state index is 0.786. The van der Waals surface area contributed by atoms with Crippen LogP contribution in [0, 0.1) is 0 Å². The molecule has 0 N–H and O–H groups in total. The largest absolute Gasteiger partial charge is 0.466 e. The van der Waals surface area contributed by atoms with Gasteiger partial charge in [-0.3, -0.25) is 0 Å². The lowest BCUT2D eigenvalue weighted by molar-refractivity contribution is 0.483. The Labute approximate surface area is 117 Å². The molecule has 0 aliphatic carbocycles. The fourth-order valence-corrected chi connectivity index (χ4v) is 2.32. The van der Waals surface area contributed by atoms with Crippen LogP contribution >= 0.6 is 11.8 Å². The molecule has 0 bridgehead atoms. The Hall–Kier alpha value is -2.13. The molecule has 3 heteroatoms. The van der Waals surface area contributed by atoms with Crippen molar-refractivity contribution in [2.45, 2.75) is 9.79 Å². The van der Waals surface area contributed by atoms with Crippen molar-refractivity contribution < 1.29 is 9.47 Å². The molecule has 0 aliphatic rings. The van der Waals surface area contributed by atoms with Gasteiger partial charge in [-0.1, -0.05) is 24.9 Å². The number of hydrogen-bond donors (Lipinski definition) is 0. The standard InChI is InChI=1S/C16H14O2S/c1-3-17-13-5-9-15(10-6-13)19-16-11-7-14(8-12-16)18-4-2/h3-12H,1-2H2. The van der Waals surface area contributed by atoms with Crippen molar-refractivity contribution in [3.05, 3.63) is 74.2 Å². The van der Waals surface area contributed by atoms with Gasteiger partial charge in [0.25, 0.3) is 0 Å². The third kappa shape index (κ3) is 3.93. The molecule has 0 saturated carbocycles. The van der Waals surface area contributed by atoms with Crippen LogP contribution in [0.2, 0.25) is 0 Å². The molecule has 0 unspecified atom stereocenters. The van der Waals surface area contributed by atoms with Gasteiger partial charge in [-0.25, -0.2) is 0 Å². The van der Waals surface area contributed by atoms with E-state index in [1.807, 2.05) is 48.5 Å². The van der Waals surface area contributed by atoms with Crippen molar-refractivity contribution in [2.24, 2.45) is 0 Å². The van der Waals surface area contributed by atoms with Crippen LogP contribution in [-0.2, 0) is 0 Å². The van der Waals surface area contributed by atoms with E-state index in [1.54, 1.807) is 11.8 Å². The second kappa shape index (κ2) is 6.71. The van der Waals surface area contributed by atoms with E-state index >= 15 is 0 Å². The summed E-state index contributed by atoms with van der Waals surface area (Å²) in [5.41, 5.74) is 0. The summed E-state index contributed by atoms with van der Waals surface area (Å²) in [6.07, 6.45) is 2.83. The van der Waals surface area contributed by atoms with E-state index in [0.29, 0.717) is 0 Å². The molecule has 0 aromatic heterocycles. The van der Waals surface area contributed by atoms with Gasteiger partial charge in [-0.2, -0.15) is 0 Å². The fourth-order valence-electron chi connectivity index (χ4n) is 1.50. The SMILES string of the molecule is C=COc1ccc(Sc2ccc(OC=C)cc2)cc1. The van der Waals surface area contributed by atoms with Crippen LogP contribution in [-0.4, -0.2) is 0 Å². The molecule has 96 valence electrons. The highest BCUT2D eigenvalue weighted by atomic mass is 32.2. The van der Waals surface area contributed by atoms with E-state index in [-0.39, 0.29) is 0 Å². The maximum Gasteiger partial charge on any atom is 0.126 e. The average Bonchev–Trinajstić information content (AvgIpc) is 2.44. The molecule has 0 saturated heterocycles. The van der Waals surface area contributed by atoms with Crippen LogP contribution in [0.1, 0.15) is 0 Å². The molecule has 0 atom stereocenters. The van der Waals surface area contributed by atoms with Gasteiger partial charge in [0, 0.05) is 9.79 Å². The van der Waals surface area contributed by atoms with Crippen molar-refractivity contribution in [3.8, 4) is 11.5 Å². The lowest BCUT2D eigenvalue weighted by Crippen LogP contribution is -1.81. The summed E-state index contributed by atoms with van der Waals surface area (Å²) in [4.78, 5) is 2.29. The van der Waals surface area contributed by atoms with Gasteiger partial charge in [0.15, 0.2) is 0 Å². The second-order valence-electron chi connectivity index (χ2n) is 3.61. The first-order valence-electron chi connectivity index (χ1n) is 5.75. The van der Waals surface area contributed by atoms with Gasteiger partial charge < -0.3 is 9.47 Å². The monoisotopic (exact) mass is 270 g/mol. The van der Waals surface area contributed by atoms with Crippen molar-refractivity contribution >= 4 is 11.8 Å². The van der Waals surface area contributed by atoms with Crippen molar-refractivity contribution in [3.63, 3.8) is 0 Å². The number of hydrogen-bond acceptors (Lipinski definition) is 3. The number of ether oxygens (including phenoxy) is 2. The molecule has 2 nitrogen and oxygen atoms in total. The van der Waals surface area contributed by atoms with Crippen LogP contribution in [0.3, 0.4) is 0 Å². The van der Waals surface area contributed by atoms with Crippen LogP contribution in [0.25, 0.3) is 0 Å². The molecule has 2 aromatic rings. The first kappa shape index (κ1) is 13.3. The van der Waals surface area contributed by atoms with Gasteiger partial charge in [-0.15, -0.1) is 0 Å². The first-order chi connectivity index (χ1) is 9.31. The smallest absolute Gasteiger partial charge is 0.126 e.